The van der Waals surface area contributed by atoms with Crippen molar-refractivity contribution in [1.29, 1.82) is 0 Å². The summed E-state index contributed by atoms with van der Waals surface area (Å²) < 4.78 is 0.884. The molecule has 1 atom stereocenters. The maximum atomic E-state index is 6.13. The first-order valence-corrected chi connectivity index (χ1v) is 8.70. The number of nitrogens with two attached hydrogens (primary N) is 1. The minimum Gasteiger partial charge on any atom is -0.369 e. The normalized spacial score (nSPS) is 21.7. The summed E-state index contributed by atoms with van der Waals surface area (Å²) in [6.45, 7) is 5.23. The van der Waals surface area contributed by atoms with E-state index in [2.05, 4.69) is 39.7 Å². The molecule has 0 saturated heterocycles. The summed E-state index contributed by atoms with van der Waals surface area (Å²) in [5.41, 5.74) is 7.14. The first-order valence-electron chi connectivity index (χ1n) is 7.53. The minimum absolute atomic E-state index is 0.0366. The van der Waals surface area contributed by atoms with Gasteiger partial charge in [-0.3, -0.25) is 4.99 Å². The third-order valence-electron chi connectivity index (χ3n) is 4.08. The summed E-state index contributed by atoms with van der Waals surface area (Å²) in [5.74, 6) is 0.599. The van der Waals surface area contributed by atoms with Crippen molar-refractivity contribution >= 4 is 39.2 Å². The quantitative estimate of drug-likeness (QED) is 0.717. The summed E-state index contributed by atoms with van der Waals surface area (Å²) in [7, 11) is 0. The fraction of sp³-hybridized carbons (Fsp3) is 0.562. The molecule has 2 N–H and O–H groups in total. The molecule has 1 unspecified atom stereocenters. The summed E-state index contributed by atoms with van der Waals surface area (Å²) in [4.78, 5) is 6.62. The number of hydrogen-bond acceptors (Lipinski definition) is 3. The first kappa shape index (κ1) is 16.6. The van der Waals surface area contributed by atoms with Gasteiger partial charge < -0.3 is 10.6 Å². The van der Waals surface area contributed by atoms with E-state index in [1.807, 2.05) is 18.2 Å². The van der Waals surface area contributed by atoms with Gasteiger partial charge in [0.25, 0.3) is 0 Å². The van der Waals surface area contributed by atoms with Gasteiger partial charge in [-0.05, 0) is 47.5 Å². The lowest BCUT2D eigenvalue weighted by Gasteiger charge is -2.36. The summed E-state index contributed by atoms with van der Waals surface area (Å²) in [6, 6.07) is 5.91. The van der Waals surface area contributed by atoms with Gasteiger partial charge in [0.1, 0.15) is 0 Å². The van der Waals surface area contributed by atoms with Crippen molar-refractivity contribution in [1.82, 2.24) is 0 Å². The minimum atomic E-state index is -0.0366. The van der Waals surface area contributed by atoms with Crippen LogP contribution in [0.4, 0.5) is 5.69 Å². The molecule has 0 amide bonds. The molecule has 0 saturated carbocycles. The Morgan fingerprint density at radius 1 is 1.38 bits per heavy atom. The zero-order valence-corrected chi connectivity index (χ0v) is 15.0. The molecule has 3 nitrogen and oxygen atoms in total. The molecule has 1 heterocycles. The van der Waals surface area contributed by atoms with Crippen molar-refractivity contribution in [3.63, 3.8) is 0 Å². The van der Waals surface area contributed by atoms with Crippen molar-refractivity contribution < 1.29 is 0 Å². The van der Waals surface area contributed by atoms with E-state index in [1.54, 1.807) is 0 Å². The van der Waals surface area contributed by atoms with E-state index < -0.39 is 0 Å². The predicted octanol–water partition coefficient (Wildman–Crippen LogP) is 4.97. The molecule has 0 aromatic heterocycles. The van der Waals surface area contributed by atoms with E-state index in [0.29, 0.717) is 11.0 Å². The summed E-state index contributed by atoms with van der Waals surface area (Å²) >= 11 is 9.57. The Morgan fingerprint density at radius 2 is 2.14 bits per heavy atom. The van der Waals surface area contributed by atoms with Gasteiger partial charge in [0.15, 0.2) is 5.96 Å². The van der Waals surface area contributed by atoms with Gasteiger partial charge in [0.2, 0.25) is 0 Å². The lowest BCUT2D eigenvalue weighted by molar-refractivity contribution is 0.435. The maximum Gasteiger partial charge on any atom is 0.196 e. The third-order valence-corrected chi connectivity index (χ3v) is 5.29. The molecule has 116 valence electrons. The van der Waals surface area contributed by atoms with Gasteiger partial charge in [0.05, 0.1) is 17.1 Å². The Morgan fingerprint density at radius 3 is 2.81 bits per heavy atom. The number of aliphatic imine (C=N–C) groups is 1. The highest BCUT2D eigenvalue weighted by Gasteiger charge is 2.38. The molecule has 1 aromatic rings. The maximum absolute atomic E-state index is 6.13. The molecule has 0 radical (unpaired) electrons. The predicted molar refractivity (Wildman–Crippen MR) is 95.3 cm³/mol. The van der Waals surface area contributed by atoms with Crippen LogP contribution < -0.4 is 10.6 Å². The van der Waals surface area contributed by atoms with Crippen LogP contribution in [0.1, 0.15) is 46.0 Å². The van der Waals surface area contributed by atoms with Crippen LogP contribution in [0.2, 0.25) is 5.02 Å². The second kappa shape index (κ2) is 7.01. The van der Waals surface area contributed by atoms with Gasteiger partial charge in [0, 0.05) is 10.2 Å². The van der Waals surface area contributed by atoms with Crippen LogP contribution in [0.15, 0.2) is 27.7 Å². The molecule has 2 rings (SSSR count). The molecular formula is C16H23BrClN3. The van der Waals surface area contributed by atoms with E-state index in [9.17, 15) is 0 Å². The molecule has 0 bridgehead atoms. The summed E-state index contributed by atoms with van der Waals surface area (Å²) in [6.07, 6.45) is 6.11. The van der Waals surface area contributed by atoms with Crippen molar-refractivity contribution in [2.24, 2.45) is 10.7 Å². The molecule has 1 aliphatic heterocycles. The molecule has 21 heavy (non-hydrogen) atoms. The van der Waals surface area contributed by atoms with E-state index >= 15 is 0 Å². The van der Waals surface area contributed by atoms with Crippen molar-refractivity contribution in [2.45, 2.75) is 51.5 Å². The van der Waals surface area contributed by atoms with E-state index in [0.717, 1.165) is 23.1 Å². The largest absolute Gasteiger partial charge is 0.369 e. The number of benzene rings is 1. The van der Waals surface area contributed by atoms with Crippen LogP contribution in [-0.2, 0) is 0 Å². The topological polar surface area (TPSA) is 41.6 Å². The van der Waals surface area contributed by atoms with Crippen molar-refractivity contribution in [3.8, 4) is 0 Å². The highest BCUT2D eigenvalue weighted by Crippen LogP contribution is 2.35. The first-order chi connectivity index (χ1) is 9.98. The SMILES string of the molecule is CCCCCCC1(C)CN=C(N)N1c1ccc(Cl)c(Br)c1. The molecule has 0 spiro atoms. The smallest absolute Gasteiger partial charge is 0.196 e. The third kappa shape index (κ3) is 3.72. The Balaban J connectivity index is 2.17. The van der Waals surface area contributed by atoms with Crippen LogP contribution in [0.3, 0.4) is 0 Å². The van der Waals surface area contributed by atoms with Crippen LogP contribution in [0, 0.1) is 0 Å². The number of guanidine groups is 1. The zero-order chi connectivity index (χ0) is 15.5. The van der Waals surface area contributed by atoms with Crippen molar-refractivity contribution in [2.75, 3.05) is 11.4 Å². The fourth-order valence-corrected chi connectivity index (χ4v) is 3.35. The number of unbranched alkanes of at least 4 members (excludes halogenated alkanes) is 3. The molecule has 5 heteroatoms. The highest BCUT2D eigenvalue weighted by molar-refractivity contribution is 9.10. The molecule has 0 fully saturated rings. The van der Waals surface area contributed by atoms with Crippen molar-refractivity contribution in [3.05, 3.63) is 27.7 Å². The molecule has 1 aromatic carbocycles. The summed E-state index contributed by atoms with van der Waals surface area (Å²) in [5, 5.41) is 0.707. The van der Waals surface area contributed by atoms with E-state index in [-0.39, 0.29) is 5.54 Å². The van der Waals surface area contributed by atoms with Crippen LogP contribution >= 0.6 is 27.5 Å². The molecule has 0 aliphatic carbocycles. The fourth-order valence-electron chi connectivity index (χ4n) is 2.86. The number of halogens is 2. The average Bonchev–Trinajstić information content (AvgIpc) is 2.74. The monoisotopic (exact) mass is 371 g/mol. The van der Waals surface area contributed by atoms with Crippen LogP contribution in [0.25, 0.3) is 0 Å². The standard InChI is InChI=1S/C16H23BrClN3/c1-3-4-5-6-9-16(2)11-20-15(19)21(16)12-7-8-14(18)13(17)10-12/h7-8,10H,3-6,9,11H2,1-2H3,(H2,19,20). The van der Waals surface area contributed by atoms with E-state index in [4.69, 9.17) is 17.3 Å². The number of anilines is 1. The second-order valence-corrected chi connectivity index (χ2v) is 7.18. The van der Waals surface area contributed by atoms with Crippen LogP contribution in [0.5, 0.6) is 0 Å². The molecular weight excluding hydrogens is 350 g/mol. The van der Waals surface area contributed by atoms with E-state index in [1.165, 1.54) is 25.7 Å². The van der Waals surface area contributed by atoms with Gasteiger partial charge in [-0.25, -0.2) is 0 Å². The molecule has 1 aliphatic rings. The van der Waals surface area contributed by atoms with Gasteiger partial charge in [-0.2, -0.15) is 0 Å². The lowest BCUT2D eigenvalue weighted by atomic mass is 9.92. The zero-order valence-electron chi connectivity index (χ0n) is 12.7. The highest BCUT2D eigenvalue weighted by atomic mass is 79.9. The van der Waals surface area contributed by atoms with Crippen LogP contribution in [-0.4, -0.2) is 18.0 Å². The van der Waals surface area contributed by atoms with Gasteiger partial charge in [-0.1, -0.05) is 44.2 Å². The van der Waals surface area contributed by atoms with Gasteiger partial charge in [-0.15, -0.1) is 0 Å². The lowest BCUT2D eigenvalue weighted by Crippen LogP contribution is -2.50. The Labute approximate surface area is 140 Å². The Bertz CT molecular complexity index is 532. The van der Waals surface area contributed by atoms with Gasteiger partial charge >= 0.3 is 0 Å². The number of rotatable bonds is 6. The number of nitrogens with zero attached hydrogens (tertiary/aromatic N) is 2. The number of hydrogen-bond donors (Lipinski definition) is 1. The Kier molecular flexibility index (Phi) is 5.55. The average molecular weight is 373 g/mol. The Hall–Kier alpha value is -0.740. The second-order valence-electron chi connectivity index (χ2n) is 5.92.